The molecule has 0 N–H and O–H groups in total. The van der Waals surface area contributed by atoms with Crippen LogP contribution in [0.2, 0.25) is 0 Å². The van der Waals surface area contributed by atoms with Crippen molar-refractivity contribution in [2.45, 2.75) is 52.6 Å². The third-order valence-corrected chi connectivity index (χ3v) is 8.24. The van der Waals surface area contributed by atoms with E-state index in [-0.39, 0.29) is 0 Å². The summed E-state index contributed by atoms with van der Waals surface area (Å²) in [6.45, 7) is 9.36. The average molecular weight is 281 g/mol. The van der Waals surface area contributed by atoms with Gasteiger partial charge in [0.2, 0.25) is 0 Å². The summed E-state index contributed by atoms with van der Waals surface area (Å²) in [5.74, 6) is 0. The predicted octanol–water partition coefficient (Wildman–Crippen LogP) is 4.33. The maximum atomic E-state index is 2.78. The molecule has 0 aromatic rings. The molecule has 0 amide bonds. The van der Waals surface area contributed by atoms with E-state index in [1.807, 2.05) is 0 Å². The first-order chi connectivity index (χ1) is 8.61. The predicted molar refractivity (Wildman–Crippen MR) is 75.8 cm³/mol. The zero-order chi connectivity index (χ0) is 13.1. The molecule has 18 heavy (non-hydrogen) atoms. The molecule has 0 atom stereocenters. The fraction of sp³-hybridized carbons (Fsp3) is 0.500. The molecule has 0 aromatic carbocycles. The van der Waals surface area contributed by atoms with Gasteiger partial charge in [0, 0.05) is 0 Å². The summed E-state index contributed by atoms with van der Waals surface area (Å²) < 4.78 is 6.17. The summed E-state index contributed by atoms with van der Waals surface area (Å²) in [5.41, 5.74) is 0. The van der Waals surface area contributed by atoms with Crippen molar-refractivity contribution in [2.75, 3.05) is 0 Å². The number of hydrogen-bond donors (Lipinski definition) is 0. The molecular formula is C16H24NV. The SMILES string of the molecule is CC(C)[N](C(C)C)[V]([C]1=CC=CC1)[C]1=CC=CC1. The van der Waals surface area contributed by atoms with Crippen LogP contribution in [0.15, 0.2) is 45.0 Å². The van der Waals surface area contributed by atoms with Crippen LogP contribution in [0.1, 0.15) is 40.5 Å². The third-order valence-electron chi connectivity index (χ3n) is 3.34. The van der Waals surface area contributed by atoms with Crippen LogP contribution in [0.3, 0.4) is 0 Å². The number of nitrogens with zero attached hydrogens (tertiary/aromatic N) is 1. The van der Waals surface area contributed by atoms with Crippen LogP contribution in [-0.2, 0) is 15.4 Å². The van der Waals surface area contributed by atoms with E-state index in [1.54, 1.807) is 8.57 Å². The van der Waals surface area contributed by atoms with Gasteiger partial charge in [-0.1, -0.05) is 0 Å². The van der Waals surface area contributed by atoms with E-state index in [9.17, 15) is 0 Å². The second-order valence-electron chi connectivity index (χ2n) is 5.46. The molecule has 0 saturated heterocycles. The molecular weight excluding hydrogens is 257 g/mol. The molecule has 0 radical (unpaired) electrons. The Bertz CT molecular complexity index is 375. The van der Waals surface area contributed by atoms with Gasteiger partial charge in [-0.05, 0) is 0 Å². The van der Waals surface area contributed by atoms with E-state index in [4.69, 9.17) is 0 Å². The maximum absolute atomic E-state index is 2.78. The normalized spacial score (nSPS) is 18.7. The molecule has 2 heteroatoms. The second kappa shape index (κ2) is 6.10. The van der Waals surface area contributed by atoms with Crippen LogP contribution < -0.4 is 0 Å². The molecule has 1 nitrogen and oxygen atoms in total. The van der Waals surface area contributed by atoms with Gasteiger partial charge in [0.15, 0.2) is 0 Å². The fourth-order valence-corrected chi connectivity index (χ4v) is 7.25. The molecule has 0 spiro atoms. The minimum atomic E-state index is -1.22. The average Bonchev–Trinajstić information content (AvgIpc) is 2.98. The van der Waals surface area contributed by atoms with E-state index in [0.717, 1.165) is 0 Å². The summed E-state index contributed by atoms with van der Waals surface area (Å²) in [5, 5.41) is 0. The molecule has 0 bridgehead atoms. The van der Waals surface area contributed by atoms with Gasteiger partial charge in [-0.2, -0.15) is 0 Å². The molecule has 0 aliphatic heterocycles. The Labute approximate surface area is 117 Å². The molecule has 0 saturated carbocycles. The van der Waals surface area contributed by atoms with Crippen LogP contribution in [0, 0.1) is 0 Å². The van der Waals surface area contributed by atoms with Gasteiger partial charge >= 0.3 is 117 Å². The monoisotopic (exact) mass is 281 g/mol. The van der Waals surface area contributed by atoms with Crippen LogP contribution in [-0.4, -0.2) is 15.8 Å². The first-order valence-corrected chi connectivity index (χ1v) is 8.93. The molecule has 98 valence electrons. The van der Waals surface area contributed by atoms with Gasteiger partial charge in [0.1, 0.15) is 0 Å². The Hall–Kier alpha value is -0.496. The van der Waals surface area contributed by atoms with Crippen molar-refractivity contribution in [1.82, 2.24) is 3.75 Å². The first-order valence-electron chi connectivity index (χ1n) is 6.91. The first kappa shape index (κ1) is 13.9. The Morgan fingerprint density at radius 3 is 1.61 bits per heavy atom. The summed E-state index contributed by atoms with van der Waals surface area (Å²) in [6, 6.07) is 1.26. The van der Waals surface area contributed by atoms with Crippen molar-refractivity contribution in [2.24, 2.45) is 0 Å². The number of allylic oxidation sites excluding steroid dienone is 8. The van der Waals surface area contributed by atoms with Gasteiger partial charge in [-0.3, -0.25) is 0 Å². The molecule has 2 aliphatic rings. The van der Waals surface area contributed by atoms with Crippen molar-refractivity contribution in [3.05, 3.63) is 45.0 Å². The third kappa shape index (κ3) is 2.91. The quantitative estimate of drug-likeness (QED) is 0.725. The number of rotatable bonds is 5. The second-order valence-corrected chi connectivity index (χ2v) is 8.95. The van der Waals surface area contributed by atoms with Gasteiger partial charge in [-0.15, -0.1) is 0 Å². The van der Waals surface area contributed by atoms with Gasteiger partial charge in [0.05, 0.1) is 0 Å². The zero-order valence-electron chi connectivity index (χ0n) is 11.9. The summed E-state index contributed by atoms with van der Waals surface area (Å²) >= 11 is -1.22. The van der Waals surface area contributed by atoms with E-state index in [2.05, 4.69) is 67.9 Å². The van der Waals surface area contributed by atoms with Crippen LogP contribution in [0.25, 0.3) is 0 Å². The Morgan fingerprint density at radius 2 is 1.33 bits per heavy atom. The molecule has 2 aliphatic carbocycles. The summed E-state index contributed by atoms with van der Waals surface area (Å²) in [7, 11) is 0. The van der Waals surface area contributed by atoms with E-state index < -0.39 is 15.4 Å². The van der Waals surface area contributed by atoms with Crippen molar-refractivity contribution in [3.63, 3.8) is 0 Å². The van der Waals surface area contributed by atoms with Crippen LogP contribution in [0.5, 0.6) is 0 Å². The van der Waals surface area contributed by atoms with Gasteiger partial charge in [0.25, 0.3) is 0 Å². The van der Waals surface area contributed by atoms with Gasteiger partial charge < -0.3 is 0 Å². The minimum absolute atomic E-state index is 0.632. The van der Waals surface area contributed by atoms with E-state index in [1.165, 1.54) is 12.8 Å². The van der Waals surface area contributed by atoms with Crippen molar-refractivity contribution >= 4 is 0 Å². The topological polar surface area (TPSA) is 3.24 Å². The number of hydrogen-bond acceptors (Lipinski definition) is 1. The molecule has 0 fully saturated rings. The standard InChI is InChI=1S/C6H14N.2C5H5.V/c1-5(2)7-6(3)4;2*1-2-4-5-3-1;/h5-6H,1-4H3;2*1-3H,4H2;/q-1;;;+1. The molecule has 2 rings (SSSR count). The fourth-order valence-electron chi connectivity index (χ4n) is 2.73. The Morgan fingerprint density at radius 1 is 0.889 bits per heavy atom. The molecule has 0 aromatic heterocycles. The van der Waals surface area contributed by atoms with Crippen LogP contribution >= 0.6 is 0 Å². The Balaban J connectivity index is 2.28. The molecule has 0 heterocycles. The zero-order valence-corrected chi connectivity index (χ0v) is 13.3. The van der Waals surface area contributed by atoms with Crippen LogP contribution in [0.4, 0.5) is 0 Å². The molecule has 0 unspecified atom stereocenters. The van der Waals surface area contributed by atoms with E-state index >= 15 is 0 Å². The summed E-state index contributed by atoms with van der Waals surface area (Å²) in [4.78, 5) is 0. The van der Waals surface area contributed by atoms with Crippen molar-refractivity contribution in [1.29, 1.82) is 0 Å². The van der Waals surface area contributed by atoms with E-state index in [0.29, 0.717) is 12.1 Å². The van der Waals surface area contributed by atoms with Crippen molar-refractivity contribution in [3.8, 4) is 0 Å². The summed E-state index contributed by atoms with van der Waals surface area (Å²) in [6.07, 6.45) is 16.2. The van der Waals surface area contributed by atoms with Gasteiger partial charge in [-0.25, -0.2) is 0 Å². The van der Waals surface area contributed by atoms with Crippen molar-refractivity contribution < 1.29 is 15.4 Å². The Kier molecular flexibility index (Phi) is 4.72.